The van der Waals surface area contributed by atoms with Crippen LogP contribution in [-0.4, -0.2) is 32.8 Å². The van der Waals surface area contributed by atoms with Crippen molar-refractivity contribution >= 4 is 9.84 Å². The molecule has 1 heterocycles. The Kier molecular flexibility index (Phi) is 5.41. The van der Waals surface area contributed by atoms with E-state index in [-0.39, 0.29) is 23.2 Å². The fourth-order valence-corrected chi connectivity index (χ4v) is 3.79. The molecule has 3 rings (SSSR count). The van der Waals surface area contributed by atoms with Gasteiger partial charge in [-0.15, -0.1) is 0 Å². The number of ether oxygens (including phenoxy) is 2. The van der Waals surface area contributed by atoms with Gasteiger partial charge in [0.15, 0.2) is 27.2 Å². The maximum atomic E-state index is 12.9. The first kappa shape index (κ1) is 18.8. The summed E-state index contributed by atoms with van der Waals surface area (Å²) in [4.78, 5) is 4.14. The number of rotatable bonds is 7. The number of methoxy groups -OCH3 is 2. The summed E-state index contributed by atoms with van der Waals surface area (Å²) in [6.07, 6.45) is 0. The Bertz CT molecular complexity index is 1030. The SMILES string of the molecule is COc1ccc(-c2nc(CS(=O)(=O)Cc3ccc(F)cc3)no2)cc1OC. The molecule has 0 radical (unpaired) electrons. The van der Waals surface area contributed by atoms with Crippen LogP contribution in [0.15, 0.2) is 47.0 Å². The predicted octanol–water partition coefficient (Wildman–Crippen LogP) is 3.01. The number of nitrogens with zero attached hydrogens (tertiary/aromatic N) is 2. The summed E-state index contributed by atoms with van der Waals surface area (Å²) in [5.74, 6) is 0.189. The maximum absolute atomic E-state index is 12.9. The highest BCUT2D eigenvalue weighted by Crippen LogP contribution is 2.31. The number of benzene rings is 2. The van der Waals surface area contributed by atoms with Crippen LogP contribution in [0.25, 0.3) is 11.5 Å². The molecular weight excluding hydrogens is 375 g/mol. The quantitative estimate of drug-likeness (QED) is 0.610. The molecule has 0 aliphatic rings. The Morgan fingerprint density at radius 1 is 1.00 bits per heavy atom. The zero-order valence-electron chi connectivity index (χ0n) is 14.7. The van der Waals surface area contributed by atoms with E-state index >= 15 is 0 Å². The van der Waals surface area contributed by atoms with Gasteiger partial charge < -0.3 is 14.0 Å². The van der Waals surface area contributed by atoms with Gasteiger partial charge in [-0.05, 0) is 35.9 Å². The Morgan fingerprint density at radius 2 is 1.70 bits per heavy atom. The molecule has 0 aliphatic carbocycles. The van der Waals surface area contributed by atoms with Gasteiger partial charge in [-0.3, -0.25) is 0 Å². The minimum atomic E-state index is -3.55. The lowest BCUT2D eigenvalue weighted by atomic mass is 10.2. The van der Waals surface area contributed by atoms with E-state index in [1.165, 1.54) is 38.5 Å². The molecule has 0 atom stereocenters. The van der Waals surface area contributed by atoms with E-state index in [0.29, 0.717) is 22.6 Å². The third kappa shape index (κ3) is 4.62. The van der Waals surface area contributed by atoms with E-state index in [2.05, 4.69) is 10.1 Å². The lowest BCUT2D eigenvalue weighted by molar-refractivity contribution is 0.355. The Morgan fingerprint density at radius 3 is 2.37 bits per heavy atom. The van der Waals surface area contributed by atoms with Crippen LogP contribution >= 0.6 is 0 Å². The second kappa shape index (κ2) is 7.75. The molecule has 2 aromatic carbocycles. The summed E-state index contributed by atoms with van der Waals surface area (Å²) >= 11 is 0. The molecule has 0 aliphatic heterocycles. The molecule has 0 amide bonds. The predicted molar refractivity (Wildman–Crippen MR) is 95.6 cm³/mol. The molecule has 1 aromatic heterocycles. The number of aromatic nitrogens is 2. The normalized spacial score (nSPS) is 11.4. The van der Waals surface area contributed by atoms with Crippen molar-refractivity contribution in [2.75, 3.05) is 14.2 Å². The van der Waals surface area contributed by atoms with Crippen LogP contribution < -0.4 is 9.47 Å². The number of hydrogen-bond donors (Lipinski definition) is 0. The van der Waals surface area contributed by atoms with E-state index in [1.54, 1.807) is 18.2 Å². The fourth-order valence-electron chi connectivity index (χ4n) is 2.48. The average Bonchev–Trinajstić information content (AvgIpc) is 3.10. The molecule has 0 saturated heterocycles. The third-order valence-electron chi connectivity index (χ3n) is 3.75. The van der Waals surface area contributed by atoms with Crippen molar-refractivity contribution in [1.29, 1.82) is 0 Å². The van der Waals surface area contributed by atoms with Crippen molar-refractivity contribution in [1.82, 2.24) is 10.1 Å². The minimum absolute atomic E-state index is 0.0434. The van der Waals surface area contributed by atoms with E-state index in [0.717, 1.165) is 0 Å². The molecule has 0 bridgehead atoms. The van der Waals surface area contributed by atoms with Crippen LogP contribution in [0.5, 0.6) is 11.5 Å². The van der Waals surface area contributed by atoms with E-state index in [4.69, 9.17) is 14.0 Å². The molecule has 0 spiro atoms. The zero-order valence-corrected chi connectivity index (χ0v) is 15.5. The fraction of sp³-hybridized carbons (Fsp3) is 0.222. The second-order valence-corrected chi connectivity index (χ2v) is 7.81. The van der Waals surface area contributed by atoms with Crippen LogP contribution in [0.4, 0.5) is 4.39 Å². The number of hydrogen-bond acceptors (Lipinski definition) is 7. The van der Waals surface area contributed by atoms with Crippen molar-refractivity contribution in [3.8, 4) is 23.0 Å². The monoisotopic (exact) mass is 392 g/mol. The lowest BCUT2D eigenvalue weighted by Crippen LogP contribution is -2.08. The molecule has 0 fully saturated rings. The van der Waals surface area contributed by atoms with Crippen molar-refractivity contribution in [2.24, 2.45) is 0 Å². The largest absolute Gasteiger partial charge is 0.493 e. The topological polar surface area (TPSA) is 91.5 Å². The van der Waals surface area contributed by atoms with Gasteiger partial charge in [0, 0.05) is 5.56 Å². The summed E-state index contributed by atoms with van der Waals surface area (Å²) in [5, 5.41) is 3.73. The van der Waals surface area contributed by atoms with Gasteiger partial charge in [0.25, 0.3) is 5.89 Å². The minimum Gasteiger partial charge on any atom is -0.493 e. The van der Waals surface area contributed by atoms with Gasteiger partial charge >= 0.3 is 0 Å². The molecule has 142 valence electrons. The number of halogens is 1. The van der Waals surface area contributed by atoms with Crippen molar-refractivity contribution < 1.29 is 26.8 Å². The third-order valence-corrected chi connectivity index (χ3v) is 5.22. The standard InChI is InChI=1S/C18H17FN2O5S/c1-24-15-8-5-13(9-16(15)25-2)18-20-17(21-26-18)11-27(22,23)10-12-3-6-14(19)7-4-12/h3-9H,10-11H2,1-2H3. The molecule has 9 heteroatoms. The van der Waals surface area contributed by atoms with Crippen LogP contribution in [-0.2, 0) is 21.3 Å². The first-order chi connectivity index (χ1) is 12.9. The average molecular weight is 392 g/mol. The summed E-state index contributed by atoms with van der Waals surface area (Å²) in [5.41, 5.74) is 1.06. The maximum Gasteiger partial charge on any atom is 0.258 e. The van der Waals surface area contributed by atoms with E-state index in [1.807, 2.05) is 0 Å². The summed E-state index contributed by atoms with van der Waals surface area (Å²) in [7, 11) is -0.520. The molecule has 0 N–H and O–H groups in total. The molecule has 7 nitrogen and oxygen atoms in total. The Labute approximate surface area is 155 Å². The second-order valence-electron chi connectivity index (χ2n) is 5.74. The van der Waals surface area contributed by atoms with Gasteiger partial charge in [-0.1, -0.05) is 17.3 Å². The smallest absolute Gasteiger partial charge is 0.258 e. The van der Waals surface area contributed by atoms with E-state index < -0.39 is 15.7 Å². The van der Waals surface area contributed by atoms with Gasteiger partial charge in [-0.2, -0.15) is 4.98 Å². The summed E-state index contributed by atoms with van der Waals surface area (Å²) < 4.78 is 53.2. The summed E-state index contributed by atoms with van der Waals surface area (Å²) in [6, 6.07) is 10.3. The van der Waals surface area contributed by atoms with Gasteiger partial charge in [0.05, 0.1) is 20.0 Å². The van der Waals surface area contributed by atoms with Crippen LogP contribution in [0, 0.1) is 5.82 Å². The molecule has 0 saturated carbocycles. The Balaban J connectivity index is 1.76. The van der Waals surface area contributed by atoms with Crippen molar-refractivity contribution in [3.63, 3.8) is 0 Å². The zero-order chi connectivity index (χ0) is 19.4. The van der Waals surface area contributed by atoms with Crippen LogP contribution in [0.2, 0.25) is 0 Å². The summed E-state index contributed by atoms with van der Waals surface area (Å²) in [6.45, 7) is 0. The molecule has 3 aromatic rings. The van der Waals surface area contributed by atoms with Crippen LogP contribution in [0.1, 0.15) is 11.4 Å². The van der Waals surface area contributed by atoms with Gasteiger partial charge in [0.2, 0.25) is 0 Å². The van der Waals surface area contributed by atoms with Crippen molar-refractivity contribution in [2.45, 2.75) is 11.5 Å². The highest BCUT2D eigenvalue weighted by atomic mass is 32.2. The Hall–Kier alpha value is -2.94. The first-order valence-corrected chi connectivity index (χ1v) is 9.72. The highest BCUT2D eigenvalue weighted by Gasteiger charge is 2.19. The van der Waals surface area contributed by atoms with E-state index in [9.17, 15) is 12.8 Å². The van der Waals surface area contributed by atoms with Gasteiger partial charge in [-0.25, -0.2) is 12.8 Å². The molecule has 0 unspecified atom stereocenters. The number of sulfone groups is 1. The van der Waals surface area contributed by atoms with Gasteiger partial charge in [0.1, 0.15) is 11.6 Å². The van der Waals surface area contributed by atoms with Crippen LogP contribution in [0.3, 0.4) is 0 Å². The first-order valence-electron chi connectivity index (χ1n) is 7.90. The molecule has 27 heavy (non-hydrogen) atoms. The molecular formula is C18H17FN2O5S. The van der Waals surface area contributed by atoms with Crippen molar-refractivity contribution in [3.05, 3.63) is 59.7 Å². The highest BCUT2D eigenvalue weighted by molar-refractivity contribution is 7.89. The lowest BCUT2D eigenvalue weighted by Gasteiger charge is -2.07.